The third kappa shape index (κ3) is 4.80. The number of rotatable bonds is 7. The van der Waals surface area contributed by atoms with E-state index in [1.807, 2.05) is 10.8 Å². The first-order valence-electron chi connectivity index (χ1n) is 8.30. The number of ether oxygens (including phenoxy) is 2. The molecule has 0 bridgehead atoms. The summed E-state index contributed by atoms with van der Waals surface area (Å²) in [5.41, 5.74) is 7.75. The summed E-state index contributed by atoms with van der Waals surface area (Å²) in [6, 6.07) is 4.46. The van der Waals surface area contributed by atoms with E-state index in [1.54, 1.807) is 24.5 Å². The van der Waals surface area contributed by atoms with Crippen LogP contribution in [0.4, 0.5) is 5.69 Å². The zero-order valence-electron chi connectivity index (χ0n) is 15.1. The van der Waals surface area contributed by atoms with Crippen LogP contribution in [-0.4, -0.2) is 34.2 Å². The fourth-order valence-corrected chi connectivity index (χ4v) is 3.54. The summed E-state index contributed by atoms with van der Waals surface area (Å²) in [5, 5.41) is 0. The molecule has 3 rings (SSSR count). The molecule has 2 N–H and O–H groups in total. The molecule has 0 radical (unpaired) electrons. The molecule has 0 atom stereocenters. The topological polar surface area (TPSA) is 88.1 Å². The van der Waals surface area contributed by atoms with E-state index in [2.05, 4.69) is 50.5 Å². The van der Waals surface area contributed by atoms with Crippen LogP contribution in [0.3, 0.4) is 0 Å². The van der Waals surface area contributed by atoms with Crippen LogP contribution in [0, 0.1) is 0 Å². The number of hydrogen-bond donors (Lipinski definition) is 1. The molecule has 0 spiro atoms. The number of hydrogen-bond acceptors (Lipinski definition) is 6. The Morgan fingerprint density at radius 3 is 2.77 bits per heavy atom. The van der Waals surface area contributed by atoms with Crippen molar-refractivity contribution < 1.29 is 9.47 Å². The molecular weight excluding hydrogens is 414 g/mol. The Balaban J connectivity index is 1.73. The van der Waals surface area contributed by atoms with Crippen molar-refractivity contribution in [3.05, 3.63) is 35.2 Å². The number of aromatic nitrogens is 4. The van der Waals surface area contributed by atoms with E-state index in [4.69, 9.17) is 15.2 Å². The lowest BCUT2D eigenvalue weighted by Gasteiger charge is -2.15. The van der Waals surface area contributed by atoms with Crippen LogP contribution in [0.25, 0.3) is 11.2 Å². The molecule has 7 nitrogen and oxygen atoms in total. The van der Waals surface area contributed by atoms with Gasteiger partial charge in [-0.05, 0) is 28.0 Å². The molecule has 3 aromatic rings. The molecule has 9 heteroatoms. The number of nitrogens with zero attached hydrogens (tertiary/aromatic N) is 4. The Morgan fingerprint density at radius 2 is 2.04 bits per heavy atom. The second kappa shape index (κ2) is 7.73. The molecule has 0 aliphatic carbocycles. The van der Waals surface area contributed by atoms with E-state index < -0.39 is 8.07 Å². The van der Waals surface area contributed by atoms with Crippen LogP contribution in [0.5, 0.6) is 11.8 Å². The van der Waals surface area contributed by atoms with Gasteiger partial charge in [0.25, 0.3) is 0 Å². The number of halogens is 1. The average Bonchev–Trinajstić information content (AvgIpc) is 2.87. The van der Waals surface area contributed by atoms with Gasteiger partial charge in [0, 0.05) is 38.8 Å². The minimum atomic E-state index is -1.10. The first-order valence-corrected chi connectivity index (χ1v) is 12.8. The van der Waals surface area contributed by atoms with Crippen LogP contribution in [0.15, 0.2) is 35.2 Å². The largest absolute Gasteiger partial charge is 0.419 e. The summed E-state index contributed by atoms with van der Waals surface area (Å²) in [6.07, 6.45) is 5.07. The highest BCUT2D eigenvalue weighted by Crippen LogP contribution is 2.27. The first-order chi connectivity index (χ1) is 12.3. The van der Waals surface area contributed by atoms with E-state index in [0.29, 0.717) is 29.7 Å². The van der Waals surface area contributed by atoms with E-state index in [1.165, 1.54) is 0 Å². The smallest absolute Gasteiger partial charge is 0.240 e. The number of anilines is 1. The quantitative estimate of drug-likeness (QED) is 0.440. The maximum absolute atomic E-state index is 5.81. The zero-order valence-corrected chi connectivity index (χ0v) is 17.7. The van der Waals surface area contributed by atoms with Crippen molar-refractivity contribution in [3.63, 3.8) is 0 Å². The number of fused-ring (bicyclic) bond motifs is 1. The molecule has 0 saturated carbocycles. The van der Waals surface area contributed by atoms with E-state index in [9.17, 15) is 0 Å². The molecule has 0 unspecified atom stereocenters. The second-order valence-electron chi connectivity index (χ2n) is 7.20. The van der Waals surface area contributed by atoms with Crippen molar-refractivity contribution in [1.29, 1.82) is 0 Å². The van der Waals surface area contributed by atoms with Gasteiger partial charge in [0.05, 0.1) is 10.7 Å². The minimum absolute atomic E-state index is 0.355. The highest BCUT2D eigenvalue weighted by atomic mass is 79.9. The Kier molecular flexibility index (Phi) is 5.59. The fraction of sp³-hybridized carbons (Fsp3) is 0.353. The lowest BCUT2D eigenvalue weighted by molar-refractivity contribution is 0.0898. The molecule has 0 aliphatic heterocycles. The molecule has 138 valence electrons. The number of pyridine rings is 1. The number of nitrogen functional groups attached to an aromatic ring is 1. The molecule has 26 heavy (non-hydrogen) atoms. The van der Waals surface area contributed by atoms with Gasteiger partial charge in [0.15, 0.2) is 5.65 Å². The van der Waals surface area contributed by atoms with E-state index >= 15 is 0 Å². The van der Waals surface area contributed by atoms with Gasteiger partial charge in [-0.2, -0.15) is 0 Å². The fourth-order valence-electron chi connectivity index (χ4n) is 2.27. The van der Waals surface area contributed by atoms with Gasteiger partial charge in [-0.25, -0.2) is 15.0 Å². The van der Waals surface area contributed by atoms with Gasteiger partial charge < -0.3 is 19.8 Å². The van der Waals surface area contributed by atoms with Crippen molar-refractivity contribution >= 4 is 40.9 Å². The van der Waals surface area contributed by atoms with Crippen LogP contribution in [0.2, 0.25) is 25.7 Å². The molecule has 0 aromatic carbocycles. The summed E-state index contributed by atoms with van der Waals surface area (Å²) < 4.78 is 14.2. The predicted molar refractivity (Wildman–Crippen MR) is 108 cm³/mol. The molecule has 3 heterocycles. The summed E-state index contributed by atoms with van der Waals surface area (Å²) >= 11 is 3.53. The minimum Gasteiger partial charge on any atom is -0.419 e. The van der Waals surface area contributed by atoms with Crippen molar-refractivity contribution in [1.82, 2.24) is 19.5 Å². The predicted octanol–water partition coefficient (Wildman–Crippen LogP) is 4.28. The molecule has 0 saturated heterocycles. The standard InChI is InChI=1S/C17H22BrN5O2Si/c1-26(2,3)7-6-24-11-23-10-13(18)16-17(23)21-9-15(22-16)25-14-8-12(19)4-5-20-14/h4-5,8-10H,6-7,11H2,1-3H3,(H2,19,20). The molecule has 0 fully saturated rings. The third-order valence-electron chi connectivity index (χ3n) is 3.69. The highest BCUT2D eigenvalue weighted by Gasteiger charge is 2.14. The van der Waals surface area contributed by atoms with Gasteiger partial charge in [-0.3, -0.25) is 0 Å². The first kappa shape index (κ1) is 18.8. The van der Waals surface area contributed by atoms with Crippen molar-refractivity contribution in [2.24, 2.45) is 0 Å². The van der Waals surface area contributed by atoms with Gasteiger partial charge >= 0.3 is 0 Å². The maximum atomic E-state index is 5.81. The summed E-state index contributed by atoms with van der Waals surface area (Å²) in [6.45, 7) is 8.20. The van der Waals surface area contributed by atoms with E-state index in [0.717, 1.165) is 22.8 Å². The Hall–Kier alpha value is -1.97. The molecule has 3 aromatic heterocycles. The normalized spacial score (nSPS) is 11.8. The molecule has 0 aliphatic rings. The van der Waals surface area contributed by atoms with Gasteiger partial charge in [-0.15, -0.1) is 0 Å². The van der Waals surface area contributed by atoms with Gasteiger partial charge in [0.1, 0.15) is 12.2 Å². The van der Waals surface area contributed by atoms with E-state index in [-0.39, 0.29) is 0 Å². The van der Waals surface area contributed by atoms with Crippen LogP contribution in [0.1, 0.15) is 0 Å². The summed E-state index contributed by atoms with van der Waals surface area (Å²) in [5.74, 6) is 0.734. The van der Waals surface area contributed by atoms with Gasteiger partial charge in [0.2, 0.25) is 11.8 Å². The third-order valence-corrected chi connectivity index (χ3v) is 5.98. The summed E-state index contributed by atoms with van der Waals surface area (Å²) in [4.78, 5) is 13.1. The second-order valence-corrected chi connectivity index (χ2v) is 13.7. The monoisotopic (exact) mass is 435 g/mol. The van der Waals surface area contributed by atoms with Crippen molar-refractivity contribution in [2.75, 3.05) is 12.3 Å². The number of nitrogens with two attached hydrogens (primary N) is 1. The van der Waals surface area contributed by atoms with Crippen LogP contribution >= 0.6 is 15.9 Å². The molecule has 0 amide bonds. The van der Waals surface area contributed by atoms with Gasteiger partial charge in [-0.1, -0.05) is 19.6 Å². The molecular formula is C17H22BrN5O2Si. The van der Waals surface area contributed by atoms with Crippen LogP contribution in [-0.2, 0) is 11.5 Å². The van der Waals surface area contributed by atoms with Crippen LogP contribution < -0.4 is 10.5 Å². The van der Waals surface area contributed by atoms with Crippen molar-refractivity contribution in [3.8, 4) is 11.8 Å². The zero-order chi connectivity index (χ0) is 18.7. The van der Waals surface area contributed by atoms with Crippen molar-refractivity contribution in [2.45, 2.75) is 32.4 Å². The summed E-state index contributed by atoms with van der Waals surface area (Å²) in [7, 11) is -1.10. The Bertz CT molecular complexity index is 910. The highest BCUT2D eigenvalue weighted by molar-refractivity contribution is 9.10. The SMILES string of the molecule is C[Si](C)(C)CCOCn1cc(Br)c2nc(Oc3cc(N)ccn3)cnc21. The lowest BCUT2D eigenvalue weighted by atomic mass is 10.4. The Labute approximate surface area is 161 Å². The Morgan fingerprint density at radius 1 is 1.23 bits per heavy atom. The average molecular weight is 436 g/mol. The maximum Gasteiger partial charge on any atom is 0.240 e. The lowest BCUT2D eigenvalue weighted by Crippen LogP contribution is -2.22.